The van der Waals surface area contributed by atoms with Crippen molar-refractivity contribution in [2.24, 2.45) is 5.92 Å². The quantitative estimate of drug-likeness (QED) is 0.725. The zero-order chi connectivity index (χ0) is 21.3. The third-order valence-corrected chi connectivity index (χ3v) is 8.02. The number of amides is 2. The first-order valence-electron chi connectivity index (χ1n) is 11.5. The molecule has 166 valence electrons. The highest BCUT2D eigenvalue weighted by Crippen LogP contribution is 2.35. The van der Waals surface area contributed by atoms with Crippen LogP contribution in [0.25, 0.3) is 0 Å². The number of carbonyl (C=O) groups is 2. The summed E-state index contributed by atoms with van der Waals surface area (Å²) in [6.07, 6.45) is 3.23. The molecule has 1 aromatic heterocycles. The summed E-state index contributed by atoms with van der Waals surface area (Å²) >= 11 is 1.76. The van der Waals surface area contributed by atoms with Crippen molar-refractivity contribution in [3.63, 3.8) is 0 Å². The minimum Gasteiger partial charge on any atom is -0.345 e. The van der Waals surface area contributed by atoms with Crippen molar-refractivity contribution < 1.29 is 9.59 Å². The predicted molar refractivity (Wildman–Crippen MR) is 120 cm³/mol. The molecular formula is C22H35N5O2S. The SMILES string of the molecule is CCC(=O)N1CCN(c2nc3c(s2)C[C@@H](C(=O)N2CCN(C(C)C)CC2)CC3)CC1. The Morgan fingerprint density at radius 2 is 1.70 bits per heavy atom. The number of rotatable bonds is 4. The molecule has 1 aromatic rings. The molecule has 0 saturated carbocycles. The van der Waals surface area contributed by atoms with E-state index in [9.17, 15) is 9.59 Å². The van der Waals surface area contributed by atoms with E-state index in [0.29, 0.717) is 18.4 Å². The molecule has 1 aliphatic carbocycles. The molecule has 2 saturated heterocycles. The molecule has 0 N–H and O–H groups in total. The fourth-order valence-corrected chi connectivity index (χ4v) is 6.03. The van der Waals surface area contributed by atoms with Gasteiger partial charge >= 0.3 is 0 Å². The van der Waals surface area contributed by atoms with Crippen LogP contribution in [0.1, 0.15) is 44.2 Å². The Balaban J connectivity index is 1.33. The maximum Gasteiger partial charge on any atom is 0.226 e. The number of aryl methyl sites for hydroxylation is 1. The topological polar surface area (TPSA) is 60.0 Å². The summed E-state index contributed by atoms with van der Waals surface area (Å²) in [5, 5.41) is 1.07. The Morgan fingerprint density at radius 1 is 1.03 bits per heavy atom. The van der Waals surface area contributed by atoms with Crippen LogP contribution in [0, 0.1) is 5.92 Å². The normalized spacial score (nSPS) is 23.1. The van der Waals surface area contributed by atoms with Gasteiger partial charge in [0.15, 0.2) is 5.13 Å². The van der Waals surface area contributed by atoms with E-state index in [4.69, 9.17) is 4.98 Å². The molecule has 3 aliphatic rings. The van der Waals surface area contributed by atoms with Crippen molar-refractivity contribution in [2.75, 3.05) is 57.3 Å². The van der Waals surface area contributed by atoms with E-state index in [1.165, 1.54) is 10.6 Å². The van der Waals surface area contributed by atoms with Gasteiger partial charge in [0.1, 0.15) is 0 Å². The van der Waals surface area contributed by atoms with Crippen LogP contribution >= 0.6 is 11.3 Å². The van der Waals surface area contributed by atoms with Gasteiger partial charge in [0.2, 0.25) is 11.8 Å². The molecule has 8 heteroatoms. The molecule has 30 heavy (non-hydrogen) atoms. The van der Waals surface area contributed by atoms with Crippen molar-refractivity contribution in [3.05, 3.63) is 10.6 Å². The molecule has 4 rings (SSSR count). The fraction of sp³-hybridized carbons (Fsp3) is 0.773. The minimum atomic E-state index is 0.107. The van der Waals surface area contributed by atoms with E-state index in [1.807, 2.05) is 11.8 Å². The highest BCUT2D eigenvalue weighted by molar-refractivity contribution is 7.15. The van der Waals surface area contributed by atoms with Gasteiger partial charge in [-0.15, -0.1) is 11.3 Å². The van der Waals surface area contributed by atoms with Crippen LogP contribution in [-0.4, -0.2) is 89.9 Å². The summed E-state index contributed by atoms with van der Waals surface area (Å²) < 4.78 is 0. The van der Waals surface area contributed by atoms with E-state index in [2.05, 4.69) is 28.5 Å². The molecule has 0 spiro atoms. The van der Waals surface area contributed by atoms with Crippen LogP contribution in [0.3, 0.4) is 0 Å². The maximum atomic E-state index is 13.1. The summed E-state index contributed by atoms with van der Waals surface area (Å²) in [6.45, 7) is 13.3. The third-order valence-electron chi connectivity index (χ3n) is 6.84. The van der Waals surface area contributed by atoms with Crippen molar-refractivity contribution in [3.8, 4) is 0 Å². The van der Waals surface area contributed by atoms with Crippen molar-refractivity contribution in [1.82, 2.24) is 19.7 Å². The lowest BCUT2D eigenvalue weighted by molar-refractivity contribution is -0.138. The van der Waals surface area contributed by atoms with Gasteiger partial charge in [-0.1, -0.05) is 6.92 Å². The van der Waals surface area contributed by atoms with Crippen molar-refractivity contribution >= 4 is 28.3 Å². The lowest BCUT2D eigenvalue weighted by atomic mass is 9.90. The average Bonchev–Trinajstić information content (AvgIpc) is 3.21. The summed E-state index contributed by atoms with van der Waals surface area (Å²) in [5.41, 5.74) is 1.19. The van der Waals surface area contributed by atoms with Crippen LogP contribution in [0.4, 0.5) is 5.13 Å². The van der Waals surface area contributed by atoms with Gasteiger partial charge in [0.05, 0.1) is 5.69 Å². The van der Waals surface area contributed by atoms with E-state index in [1.54, 1.807) is 11.3 Å². The summed E-state index contributed by atoms with van der Waals surface area (Å²) in [4.78, 5) is 40.0. The zero-order valence-electron chi connectivity index (χ0n) is 18.6. The largest absolute Gasteiger partial charge is 0.345 e. The number of hydrogen-bond acceptors (Lipinski definition) is 6. The molecule has 2 aliphatic heterocycles. The smallest absolute Gasteiger partial charge is 0.226 e. The molecule has 7 nitrogen and oxygen atoms in total. The van der Waals surface area contributed by atoms with Crippen molar-refractivity contribution in [1.29, 1.82) is 0 Å². The molecule has 2 amide bonds. The summed E-state index contributed by atoms with van der Waals surface area (Å²) in [6, 6.07) is 0.553. The van der Waals surface area contributed by atoms with E-state index in [-0.39, 0.29) is 11.8 Å². The average molecular weight is 434 g/mol. The number of fused-ring (bicyclic) bond motifs is 1. The summed E-state index contributed by atoms with van der Waals surface area (Å²) in [7, 11) is 0. The van der Waals surface area contributed by atoms with E-state index < -0.39 is 0 Å². The van der Waals surface area contributed by atoms with Gasteiger partial charge in [-0.05, 0) is 33.1 Å². The van der Waals surface area contributed by atoms with E-state index >= 15 is 0 Å². The Labute approximate surface area is 184 Å². The van der Waals surface area contributed by atoms with Gasteiger partial charge in [-0.3, -0.25) is 14.5 Å². The molecular weight excluding hydrogens is 398 g/mol. The molecule has 3 heterocycles. The Hall–Kier alpha value is -1.67. The van der Waals surface area contributed by atoms with Crippen LogP contribution < -0.4 is 4.90 Å². The first-order chi connectivity index (χ1) is 14.5. The fourth-order valence-electron chi connectivity index (χ4n) is 4.80. The lowest BCUT2D eigenvalue weighted by Gasteiger charge is -2.38. The minimum absolute atomic E-state index is 0.107. The third kappa shape index (κ3) is 4.49. The highest BCUT2D eigenvalue weighted by Gasteiger charge is 2.33. The second-order valence-corrected chi connectivity index (χ2v) is 10.0. The Morgan fingerprint density at radius 3 is 2.33 bits per heavy atom. The number of hydrogen-bond donors (Lipinski definition) is 0. The van der Waals surface area contributed by atoms with Gasteiger partial charge in [-0.25, -0.2) is 4.98 Å². The number of thiazole rings is 1. The van der Waals surface area contributed by atoms with E-state index in [0.717, 1.165) is 76.8 Å². The van der Waals surface area contributed by atoms with Gasteiger partial charge in [0.25, 0.3) is 0 Å². The molecule has 2 fully saturated rings. The number of anilines is 1. The molecule has 0 unspecified atom stereocenters. The summed E-state index contributed by atoms with van der Waals surface area (Å²) in [5.74, 6) is 0.685. The number of carbonyl (C=O) groups excluding carboxylic acids is 2. The van der Waals surface area contributed by atoms with Gasteiger partial charge in [0, 0.05) is 75.6 Å². The Bertz CT molecular complexity index is 764. The van der Waals surface area contributed by atoms with Crippen LogP contribution in [0.15, 0.2) is 0 Å². The lowest BCUT2D eigenvalue weighted by Crippen LogP contribution is -2.52. The first kappa shape index (κ1) is 21.6. The maximum absolute atomic E-state index is 13.1. The van der Waals surface area contributed by atoms with Crippen molar-refractivity contribution in [2.45, 2.75) is 52.5 Å². The molecule has 0 radical (unpaired) electrons. The number of nitrogens with zero attached hydrogens (tertiary/aromatic N) is 5. The standard InChI is InChI=1S/C22H35N5O2S/c1-4-20(28)25-9-13-27(14-10-25)22-23-18-6-5-17(15-19(18)30-22)21(29)26-11-7-24(8-12-26)16(2)3/h16-17H,4-15H2,1-3H3/t17-/m0/s1. The molecule has 0 aromatic carbocycles. The van der Waals surface area contributed by atoms with Gasteiger partial charge in [-0.2, -0.15) is 0 Å². The molecule has 0 bridgehead atoms. The highest BCUT2D eigenvalue weighted by atomic mass is 32.1. The Kier molecular flexibility index (Phi) is 6.63. The first-order valence-corrected chi connectivity index (χ1v) is 12.3. The monoisotopic (exact) mass is 433 g/mol. The number of piperazine rings is 2. The second kappa shape index (κ2) is 9.22. The second-order valence-electron chi connectivity index (χ2n) is 8.98. The van der Waals surface area contributed by atoms with Crippen LogP contribution in [0.2, 0.25) is 0 Å². The van der Waals surface area contributed by atoms with Gasteiger partial charge < -0.3 is 14.7 Å². The van der Waals surface area contributed by atoms with Crippen LogP contribution in [0.5, 0.6) is 0 Å². The predicted octanol–water partition coefficient (Wildman–Crippen LogP) is 1.86. The van der Waals surface area contributed by atoms with Crippen LogP contribution in [-0.2, 0) is 22.4 Å². The number of aromatic nitrogens is 1. The zero-order valence-corrected chi connectivity index (χ0v) is 19.4. The molecule has 1 atom stereocenters.